The number of nitrogens with two attached hydrogens (primary N) is 1. The lowest BCUT2D eigenvalue weighted by molar-refractivity contribution is -0.130. The molecule has 29 heavy (non-hydrogen) atoms. The van der Waals surface area contributed by atoms with Crippen molar-refractivity contribution in [3.8, 4) is 0 Å². The summed E-state index contributed by atoms with van der Waals surface area (Å²) in [6, 6.07) is 8.52. The van der Waals surface area contributed by atoms with Gasteiger partial charge in [-0.3, -0.25) is 9.59 Å². The third kappa shape index (κ3) is 4.66. The Hall–Kier alpha value is -1.88. The highest BCUT2D eigenvalue weighted by molar-refractivity contribution is 5.81. The first kappa shape index (κ1) is 20.4. The summed E-state index contributed by atoms with van der Waals surface area (Å²) in [6.45, 7) is 6.44. The molecule has 3 fully saturated rings. The summed E-state index contributed by atoms with van der Waals surface area (Å²) in [5, 5.41) is 0. The summed E-state index contributed by atoms with van der Waals surface area (Å²) < 4.78 is 0. The summed E-state index contributed by atoms with van der Waals surface area (Å²) in [5.41, 5.74) is 8.10. The number of carbonyl (C=O) groups excluding carboxylic acids is 2. The Kier molecular flexibility index (Phi) is 5.95. The summed E-state index contributed by atoms with van der Waals surface area (Å²) >= 11 is 0. The van der Waals surface area contributed by atoms with Gasteiger partial charge in [0.1, 0.15) is 0 Å². The van der Waals surface area contributed by atoms with E-state index in [0.717, 1.165) is 64.2 Å². The number of likely N-dealkylation sites (tertiary alicyclic amines) is 2. The zero-order valence-electron chi connectivity index (χ0n) is 17.7. The van der Waals surface area contributed by atoms with Gasteiger partial charge in [0.2, 0.25) is 11.8 Å². The second-order valence-electron chi connectivity index (χ2n) is 9.57. The van der Waals surface area contributed by atoms with Crippen molar-refractivity contribution in [2.75, 3.05) is 32.7 Å². The Bertz CT molecular complexity index is 750. The van der Waals surface area contributed by atoms with E-state index in [9.17, 15) is 9.59 Å². The van der Waals surface area contributed by atoms with Crippen molar-refractivity contribution in [3.05, 3.63) is 35.4 Å². The largest absolute Gasteiger partial charge is 0.369 e. The summed E-state index contributed by atoms with van der Waals surface area (Å²) in [5.74, 6) is 1.24. The Morgan fingerprint density at radius 1 is 1.10 bits per heavy atom. The fourth-order valence-corrected chi connectivity index (χ4v) is 5.31. The van der Waals surface area contributed by atoms with Crippen LogP contribution in [0.5, 0.6) is 0 Å². The van der Waals surface area contributed by atoms with Gasteiger partial charge in [-0.1, -0.05) is 24.3 Å². The molecule has 1 saturated carbocycles. The molecule has 2 saturated heterocycles. The average molecular weight is 398 g/mol. The van der Waals surface area contributed by atoms with Gasteiger partial charge in [-0.25, -0.2) is 0 Å². The molecule has 2 N–H and O–H groups in total. The standard InChI is InChI=1S/C24H35N3O2/c1-18(28)27-12-4-6-21(17-27)22-7-3-2-5-20(22)15-24(23(25)29)10-13-26(14-11-24)16-19-8-9-19/h2-3,5,7,19,21H,4,6,8-17H2,1H3,(H2,25,29)/t21-/m0/s1. The van der Waals surface area contributed by atoms with Gasteiger partial charge in [0.15, 0.2) is 0 Å². The molecular formula is C24H35N3O2. The third-order valence-electron chi connectivity index (χ3n) is 7.44. The van der Waals surface area contributed by atoms with Gasteiger partial charge in [-0.2, -0.15) is 0 Å². The number of nitrogens with zero attached hydrogens (tertiary/aromatic N) is 2. The highest BCUT2D eigenvalue weighted by atomic mass is 16.2. The first-order chi connectivity index (χ1) is 14.0. The molecule has 3 aliphatic rings. The van der Waals surface area contributed by atoms with E-state index in [1.807, 2.05) is 4.90 Å². The summed E-state index contributed by atoms with van der Waals surface area (Å²) in [7, 11) is 0. The van der Waals surface area contributed by atoms with Gasteiger partial charge >= 0.3 is 0 Å². The SMILES string of the molecule is CC(=O)N1CCC[C@H](c2ccccc2CC2(C(N)=O)CCN(CC3CC3)CC2)C1. The topological polar surface area (TPSA) is 66.6 Å². The number of amides is 2. The minimum atomic E-state index is -0.439. The molecule has 5 nitrogen and oxygen atoms in total. The Morgan fingerprint density at radius 2 is 1.83 bits per heavy atom. The van der Waals surface area contributed by atoms with Crippen LogP contribution in [0, 0.1) is 11.3 Å². The van der Waals surface area contributed by atoms with Crippen molar-refractivity contribution in [2.24, 2.45) is 17.1 Å². The van der Waals surface area contributed by atoms with Crippen LogP contribution in [0.4, 0.5) is 0 Å². The minimum Gasteiger partial charge on any atom is -0.369 e. The number of primary amides is 1. The molecule has 0 unspecified atom stereocenters. The second-order valence-corrected chi connectivity index (χ2v) is 9.57. The van der Waals surface area contributed by atoms with Crippen LogP contribution in [0.2, 0.25) is 0 Å². The molecule has 0 radical (unpaired) electrons. The van der Waals surface area contributed by atoms with Crippen molar-refractivity contribution >= 4 is 11.8 Å². The number of benzene rings is 1. The van der Waals surface area contributed by atoms with Crippen LogP contribution in [-0.4, -0.2) is 54.3 Å². The van der Waals surface area contributed by atoms with Crippen LogP contribution >= 0.6 is 0 Å². The van der Waals surface area contributed by atoms with Crippen LogP contribution in [0.3, 0.4) is 0 Å². The highest BCUT2D eigenvalue weighted by Crippen LogP contribution is 2.39. The maximum absolute atomic E-state index is 12.6. The first-order valence-electron chi connectivity index (χ1n) is 11.3. The van der Waals surface area contributed by atoms with Crippen molar-refractivity contribution in [1.29, 1.82) is 0 Å². The lowest BCUT2D eigenvalue weighted by Gasteiger charge is -2.41. The van der Waals surface area contributed by atoms with E-state index < -0.39 is 5.41 Å². The van der Waals surface area contributed by atoms with Crippen molar-refractivity contribution in [1.82, 2.24) is 9.80 Å². The van der Waals surface area contributed by atoms with Crippen LogP contribution in [0.15, 0.2) is 24.3 Å². The van der Waals surface area contributed by atoms with Crippen molar-refractivity contribution in [3.63, 3.8) is 0 Å². The molecular weight excluding hydrogens is 362 g/mol. The third-order valence-corrected chi connectivity index (χ3v) is 7.44. The maximum atomic E-state index is 12.6. The molecule has 1 atom stereocenters. The van der Waals surface area contributed by atoms with E-state index >= 15 is 0 Å². The summed E-state index contributed by atoms with van der Waals surface area (Å²) in [4.78, 5) is 29.0. The lowest BCUT2D eigenvalue weighted by Crippen LogP contribution is -2.49. The fraction of sp³-hybridized carbons (Fsp3) is 0.667. The molecule has 0 aromatic heterocycles. The van der Waals surface area contributed by atoms with Crippen LogP contribution in [0.1, 0.15) is 62.5 Å². The second kappa shape index (κ2) is 8.47. The number of carbonyl (C=O) groups is 2. The lowest BCUT2D eigenvalue weighted by atomic mass is 9.71. The smallest absolute Gasteiger partial charge is 0.224 e. The normalized spacial score (nSPS) is 25.0. The Morgan fingerprint density at radius 3 is 2.48 bits per heavy atom. The van der Waals surface area contributed by atoms with E-state index in [-0.39, 0.29) is 11.8 Å². The first-order valence-corrected chi connectivity index (χ1v) is 11.3. The maximum Gasteiger partial charge on any atom is 0.224 e. The Labute approximate surface area is 174 Å². The van der Waals surface area contributed by atoms with Gasteiger partial charge in [-0.05, 0) is 75.1 Å². The molecule has 2 aliphatic heterocycles. The van der Waals surface area contributed by atoms with Gasteiger partial charge in [0, 0.05) is 32.5 Å². The van der Waals surface area contributed by atoms with Crippen LogP contribution in [0.25, 0.3) is 0 Å². The zero-order valence-corrected chi connectivity index (χ0v) is 17.7. The molecule has 0 bridgehead atoms. The summed E-state index contributed by atoms with van der Waals surface area (Å²) in [6.07, 6.45) is 7.30. The fourth-order valence-electron chi connectivity index (χ4n) is 5.31. The Balaban J connectivity index is 1.50. The van der Waals surface area contributed by atoms with Crippen LogP contribution < -0.4 is 5.73 Å². The molecule has 2 heterocycles. The minimum absolute atomic E-state index is 0.146. The van der Waals surface area contributed by atoms with Gasteiger partial charge in [-0.15, -0.1) is 0 Å². The number of rotatable bonds is 6. The average Bonchev–Trinajstić information content (AvgIpc) is 3.54. The van der Waals surface area contributed by atoms with E-state index in [1.165, 1.54) is 30.5 Å². The highest BCUT2D eigenvalue weighted by Gasteiger charge is 2.41. The zero-order chi connectivity index (χ0) is 20.4. The van der Waals surface area contributed by atoms with E-state index in [1.54, 1.807) is 6.92 Å². The molecule has 1 aromatic carbocycles. The molecule has 2 amide bonds. The molecule has 5 heteroatoms. The van der Waals surface area contributed by atoms with Crippen molar-refractivity contribution < 1.29 is 9.59 Å². The molecule has 1 aromatic rings. The predicted molar refractivity (Wildman–Crippen MR) is 114 cm³/mol. The van der Waals surface area contributed by atoms with Crippen LogP contribution in [-0.2, 0) is 16.0 Å². The van der Waals surface area contributed by atoms with Crippen molar-refractivity contribution in [2.45, 2.75) is 57.8 Å². The van der Waals surface area contributed by atoms with E-state index in [4.69, 9.17) is 5.73 Å². The predicted octanol–water partition coefficient (Wildman–Crippen LogP) is 2.93. The molecule has 1 aliphatic carbocycles. The molecule has 158 valence electrons. The molecule has 0 spiro atoms. The molecule has 4 rings (SSSR count). The number of hydrogen-bond acceptors (Lipinski definition) is 3. The van der Waals surface area contributed by atoms with E-state index in [0.29, 0.717) is 5.92 Å². The quantitative estimate of drug-likeness (QED) is 0.803. The van der Waals surface area contributed by atoms with Gasteiger partial charge in [0.25, 0.3) is 0 Å². The number of hydrogen-bond donors (Lipinski definition) is 1. The van der Waals surface area contributed by atoms with E-state index in [2.05, 4.69) is 29.2 Å². The number of piperidine rings is 2. The van der Waals surface area contributed by atoms with Gasteiger partial charge in [0.05, 0.1) is 5.41 Å². The monoisotopic (exact) mass is 397 g/mol. The van der Waals surface area contributed by atoms with Gasteiger partial charge < -0.3 is 15.5 Å².